The van der Waals surface area contributed by atoms with Gasteiger partial charge in [0.25, 0.3) is 5.91 Å². The molecule has 1 atom stereocenters. The van der Waals surface area contributed by atoms with Crippen molar-refractivity contribution in [3.05, 3.63) is 65.7 Å². The Kier molecular flexibility index (Phi) is 6.18. The van der Waals surface area contributed by atoms with Crippen LogP contribution in [0.2, 0.25) is 0 Å². The molecule has 0 heterocycles. The number of nitrogens with zero attached hydrogens (tertiary/aromatic N) is 1. The molecule has 0 bridgehead atoms. The molecule has 114 valence electrons. The summed E-state index contributed by atoms with van der Waals surface area (Å²) in [5, 5.41) is 3.98. The molecule has 0 radical (unpaired) electrons. The molecule has 0 aliphatic heterocycles. The van der Waals surface area contributed by atoms with Gasteiger partial charge in [0.2, 0.25) is 0 Å². The summed E-state index contributed by atoms with van der Waals surface area (Å²) < 4.78 is 5.24. The van der Waals surface area contributed by atoms with Crippen LogP contribution in [0.3, 0.4) is 0 Å². The Bertz CT molecular complexity index is 627. The van der Waals surface area contributed by atoms with E-state index < -0.39 is 6.10 Å². The van der Waals surface area contributed by atoms with Crippen molar-refractivity contribution in [3.8, 4) is 0 Å². The van der Waals surface area contributed by atoms with E-state index in [-0.39, 0.29) is 5.91 Å². The second kappa shape index (κ2) is 8.36. The highest BCUT2D eigenvalue weighted by atomic mass is 32.2. The monoisotopic (exact) mass is 314 g/mol. The standard InChI is InChI=1S/C17H18N2O2S/c1-21-16(14-6-4-3-5-7-14)17(20)19-18-12-13-8-10-15(22-2)11-9-13/h3-12,16H,1-2H3,(H,19,20)/b18-12-/t16-/m0/s1. The zero-order valence-corrected chi connectivity index (χ0v) is 13.3. The van der Waals surface area contributed by atoms with Gasteiger partial charge in [-0.3, -0.25) is 4.79 Å². The molecule has 0 aromatic heterocycles. The van der Waals surface area contributed by atoms with Gasteiger partial charge in [0.15, 0.2) is 6.10 Å². The van der Waals surface area contributed by atoms with Crippen LogP contribution >= 0.6 is 11.8 Å². The van der Waals surface area contributed by atoms with E-state index in [4.69, 9.17) is 4.74 Å². The number of thioether (sulfide) groups is 1. The fraction of sp³-hybridized carbons (Fsp3) is 0.176. The number of hydrogen-bond acceptors (Lipinski definition) is 4. The fourth-order valence-electron chi connectivity index (χ4n) is 1.94. The van der Waals surface area contributed by atoms with Crippen LogP contribution in [0.1, 0.15) is 17.2 Å². The Labute approximate surface area is 134 Å². The third kappa shape index (κ3) is 4.44. The first-order chi connectivity index (χ1) is 10.7. The minimum absolute atomic E-state index is 0.300. The molecule has 1 amide bonds. The van der Waals surface area contributed by atoms with E-state index in [0.717, 1.165) is 11.1 Å². The largest absolute Gasteiger partial charge is 0.367 e. The second-order valence-corrected chi connectivity index (χ2v) is 5.41. The maximum atomic E-state index is 12.1. The highest BCUT2D eigenvalue weighted by molar-refractivity contribution is 7.98. The smallest absolute Gasteiger partial charge is 0.273 e. The highest BCUT2D eigenvalue weighted by Crippen LogP contribution is 2.16. The maximum Gasteiger partial charge on any atom is 0.273 e. The fourth-order valence-corrected chi connectivity index (χ4v) is 2.35. The number of benzene rings is 2. The van der Waals surface area contributed by atoms with Gasteiger partial charge in [0.1, 0.15) is 0 Å². The number of carbonyl (C=O) groups is 1. The number of carbonyl (C=O) groups excluding carboxylic acids is 1. The molecule has 0 aliphatic rings. The molecule has 0 saturated carbocycles. The number of amides is 1. The summed E-state index contributed by atoms with van der Waals surface area (Å²) in [6, 6.07) is 17.2. The van der Waals surface area contributed by atoms with Crippen LogP contribution in [0.5, 0.6) is 0 Å². The Morgan fingerprint density at radius 1 is 1.18 bits per heavy atom. The van der Waals surface area contributed by atoms with Gasteiger partial charge in [-0.1, -0.05) is 42.5 Å². The molecule has 2 aromatic rings. The molecule has 5 heteroatoms. The van der Waals surface area contributed by atoms with Gasteiger partial charge in [-0.15, -0.1) is 11.8 Å². The van der Waals surface area contributed by atoms with E-state index in [1.807, 2.05) is 60.9 Å². The van der Waals surface area contributed by atoms with E-state index in [2.05, 4.69) is 10.5 Å². The molecule has 0 unspecified atom stereocenters. The summed E-state index contributed by atoms with van der Waals surface area (Å²) in [6.45, 7) is 0. The van der Waals surface area contributed by atoms with Gasteiger partial charge in [-0.25, -0.2) is 5.43 Å². The number of hydrazone groups is 1. The maximum absolute atomic E-state index is 12.1. The number of nitrogens with one attached hydrogen (secondary N) is 1. The van der Waals surface area contributed by atoms with Crippen LogP contribution in [0.25, 0.3) is 0 Å². The third-order valence-corrected chi connectivity index (χ3v) is 3.82. The third-order valence-electron chi connectivity index (χ3n) is 3.08. The molecule has 0 spiro atoms. The van der Waals surface area contributed by atoms with Gasteiger partial charge in [-0.05, 0) is 29.5 Å². The van der Waals surface area contributed by atoms with Crippen LogP contribution in [-0.2, 0) is 9.53 Å². The molecule has 22 heavy (non-hydrogen) atoms. The van der Waals surface area contributed by atoms with Crippen molar-refractivity contribution in [2.24, 2.45) is 5.10 Å². The summed E-state index contributed by atoms with van der Waals surface area (Å²) >= 11 is 1.68. The van der Waals surface area contributed by atoms with E-state index in [1.165, 1.54) is 12.0 Å². The summed E-state index contributed by atoms with van der Waals surface area (Å²) in [6.07, 6.45) is 2.97. The van der Waals surface area contributed by atoms with E-state index in [1.54, 1.807) is 18.0 Å². The Hall–Kier alpha value is -2.11. The van der Waals surface area contributed by atoms with E-state index in [9.17, 15) is 4.79 Å². The van der Waals surface area contributed by atoms with Crippen molar-refractivity contribution in [2.75, 3.05) is 13.4 Å². The van der Waals surface area contributed by atoms with Crippen molar-refractivity contribution in [2.45, 2.75) is 11.0 Å². The molecule has 0 saturated heterocycles. The van der Waals surface area contributed by atoms with Crippen molar-refractivity contribution in [3.63, 3.8) is 0 Å². The van der Waals surface area contributed by atoms with Crippen molar-refractivity contribution in [1.29, 1.82) is 0 Å². The first-order valence-corrected chi connectivity index (χ1v) is 8.02. The average Bonchev–Trinajstić information content (AvgIpc) is 2.57. The summed E-state index contributed by atoms with van der Waals surface area (Å²) in [7, 11) is 1.50. The molecule has 0 aliphatic carbocycles. The minimum Gasteiger partial charge on any atom is -0.367 e. The van der Waals surface area contributed by atoms with Gasteiger partial charge in [0.05, 0.1) is 6.21 Å². The molecule has 0 fully saturated rings. The van der Waals surface area contributed by atoms with Crippen molar-refractivity contribution < 1.29 is 9.53 Å². The lowest BCUT2D eigenvalue weighted by molar-refractivity contribution is -0.131. The zero-order valence-electron chi connectivity index (χ0n) is 12.5. The van der Waals surface area contributed by atoms with Crippen LogP contribution in [0, 0.1) is 0 Å². The highest BCUT2D eigenvalue weighted by Gasteiger charge is 2.18. The summed E-state index contributed by atoms with van der Waals surface area (Å²) in [5.41, 5.74) is 4.23. The first-order valence-electron chi connectivity index (χ1n) is 6.79. The molecule has 2 rings (SSSR count). The second-order valence-electron chi connectivity index (χ2n) is 4.53. The number of hydrogen-bond donors (Lipinski definition) is 1. The van der Waals surface area contributed by atoms with Crippen LogP contribution in [0.15, 0.2) is 64.6 Å². The molecule has 1 N–H and O–H groups in total. The molecular weight excluding hydrogens is 296 g/mol. The molecular formula is C17H18N2O2S. The summed E-state index contributed by atoms with van der Waals surface area (Å²) in [5.74, 6) is -0.300. The number of rotatable bonds is 6. The van der Waals surface area contributed by atoms with Crippen molar-refractivity contribution >= 4 is 23.9 Å². The number of methoxy groups -OCH3 is 1. The van der Waals surface area contributed by atoms with Gasteiger partial charge < -0.3 is 4.74 Å². The van der Waals surface area contributed by atoms with E-state index >= 15 is 0 Å². The van der Waals surface area contributed by atoms with Gasteiger partial charge in [-0.2, -0.15) is 5.10 Å². The lowest BCUT2D eigenvalue weighted by atomic mass is 10.1. The minimum atomic E-state index is -0.669. The quantitative estimate of drug-likeness (QED) is 0.506. The van der Waals surface area contributed by atoms with Crippen LogP contribution in [0.4, 0.5) is 0 Å². The normalized spacial score (nSPS) is 12.3. The summed E-state index contributed by atoms with van der Waals surface area (Å²) in [4.78, 5) is 13.3. The van der Waals surface area contributed by atoms with Crippen LogP contribution < -0.4 is 5.43 Å². The van der Waals surface area contributed by atoms with Gasteiger partial charge >= 0.3 is 0 Å². The Balaban J connectivity index is 1.97. The van der Waals surface area contributed by atoms with Crippen molar-refractivity contribution in [1.82, 2.24) is 5.43 Å². The SMILES string of the molecule is CO[C@H](C(=O)N/N=C\c1ccc(SC)cc1)c1ccccc1. The molecule has 4 nitrogen and oxygen atoms in total. The lowest BCUT2D eigenvalue weighted by Crippen LogP contribution is -2.26. The average molecular weight is 314 g/mol. The topological polar surface area (TPSA) is 50.7 Å². The van der Waals surface area contributed by atoms with E-state index in [0.29, 0.717) is 0 Å². The van der Waals surface area contributed by atoms with Gasteiger partial charge in [0, 0.05) is 12.0 Å². The molecule has 2 aromatic carbocycles. The lowest BCUT2D eigenvalue weighted by Gasteiger charge is -2.13. The number of ether oxygens (including phenoxy) is 1. The zero-order chi connectivity index (χ0) is 15.8. The first kappa shape index (κ1) is 16.3. The predicted octanol–water partition coefficient (Wildman–Crippen LogP) is 3.25. The Morgan fingerprint density at radius 3 is 2.45 bits per heavy atom. The predicted molar refractivity (Wildman–Crippen MR) is 90.2 cm³/mol. The Morgan fingerprint density at radius 2 is 1.86 bits per heavy atom. The van der Waals surface area contributed by atoms with Crippen LogP contribution in [-0.4, -0.2) is 25.5 Å².